The number of halogens is 1. The van der Waals surface area contributed by atoms with Crippen LogP contribution in [0, 0.1) is 12.8 Å². The molecular weight excluding hydrogens is 270 g/mol. The summed E-state index contributed by atoms with van der Waals surface area (Å²) in [5.74, 6) is 0.269. The van der Waals surface area contributed by atoms with Gasteiger partial charge in [0.15, 0.2) is 0 Å². The first kappa shape index (κ1) is 13.4. The zero-order valence-electron chi connectivity index (χ0n) is 10.2. The van der Waals surface area contributed by atoms with Crippen LogP contribution < -0.4 is 5.32 Å². The molecule has 0 saturated heterocycles. The minimum Gasteiger partial charge on any atom is -0.319 e. The van der Waals surface area contributed by atoms with Gasteiger partial charge < -0.3 is 5.32 Å². The standard InChI is InChI=1S/C11H18BrN3O/c1-7(6-13-3)10(16)5-9-11(12)8(2)14-15(9)4/h7,13H,5-6H2,1-4H3. The SMILES string of the molecule is CNCC(C)C(=O)Cc1c(Br)c(C)nn1C. The maximum Gasteiger partial charge on any atom is 0.142 e. The van der Waals surface area contributed by atoms with Crippen molar-refractivity contribution in [3.8, 4) is 0 Å². The Morgan fingerprint density at radius 2 is 2.25 bits per heavy atom. The van der Waals surface area contributed by atoms with Crippen molar-refractivity contribution in [3.63, 3.8) is 0 Å². The fourth-order valence-electron chi connectivity index (χ4n) is 1.63. The maximum absolute atomic E-state index is 11.9. The van der Waals surface area contributed by atoms with Crippen LogP contribution in [0.3, 0.4) is 0 Å². The Hall–Kier alpha value is -0.680. The number of aromatic nitrogens is 2. The third-order valence-corrected chi connectivity index (χ3v) is 3.69. The first-order valence-electron chi connectivity index (χ1n) is 5.32. The number of hydrogen-bond donors (Lipinski definition) is 1. The van der Waals surface area contributed by atoms with Gasteiger partial charge in [-0.25, -0.2) is 0 Å². The summed E-state index contributed by atoms with van der Waals surface area (Å²) in [7, 11) is 3.72. The normalized spacial score (nSPS) is 12.8. The molecule has 0 aromatic carbocycles. The molecule has 0 aliphatic rings. The van der Waals surface area contributed by atoms with E-state index in [-0.39, 0.29) is 11.7 Å². The summed E-state index contributed by atoms with van der Waals surface area (Å²) in [5, 5.41) is 7.28. The predicted octanol–water partition coefficient (Wildman–Crippen LogP) is 1.46. The third-order valence-electron chi connectivity index (χ3n) is 2.66. The van der Waals surface area contributed by atoms with Crippen LogP contribution in [-0.2, 0) is 18.3 Å². The topological polar surface area (TPSA) is 46.9 Å². The van der Waals surface area contributed by atoms with Gasteiger partial charge >= 0.3 is 0 Å². The second-order valence-electron chi connectivity index (χ2n) is 4.07. The minimum absolute atomic E-state index is 0.0344. The number of ketones is 1. The summed E-state index contributed by atoms with van der Waals surface area (Å²) in [4.78, 5) is 11.9. The highest BCUT2D eigenvalue weighted by molar-refractivity contribution is 9.10. The lowest BCUT2D eigenvalue weighted by Crippen LogP contribution is -2.25. The Labute approximate surface area is 105 Å². The first-order valence-corrected chi connectivity index (χ1v) is 6.12. The van der Waals surface area contributed by atoms with Gasteiger partial charge in [0.2, 0.25) is 0 Å². The molecule has 1 N–H and O–H groups in total. The van der Waals surface area contributed by atoms with Gasteiger partial charge in [-0.3, -0.25) is 9.48 Å². The Morgan fingerprint density at radius 1 is 1.62 bits per heavy atom. The molecule has 16 heavy (non-hydrogen) atoms. The van der Waals surface area contributed by atoms with E-state index in [9.17, 15) is 4.79 Å². The van der Waals surface area contributed by atoms with Crippen molar-refractivity contribution in [2.24, 2.45) is 13.0 Å². The van der Waals surface area contributed by atoms with E-state index in [4.69, 9.17) is 0 Å². The average Bonchev–Trinajstić information content (AvgIpc) is 2.45. The number of hydrogen-bond acceptors (Lipinski definition) is 3. The van der Waals surface area contributed by atoms with Gasteiger partial charge in [0, 0.05) is 25.9 Å². The van der Waals surface area contributed by atoms with E-state index < -0.39 is 0 Å². The van der Waals surface area contributed by atoms with Gasteiger partial charge in [-0.05, 0) is 29.9 Å². The summed E-state index contributed by atoms with van der Waals surface area (Å²) >= 11 is 3.47. The molecule has 0 fully saturated rings. The lowest BCUT2D eigenvalue weighted by Gasteiger charge is -2.09. The van der Waals surface area contributed by atoms with Crippen LogP contribution >= 0.6 is 15.9 Å². The zero-order chi connectivity index (χ0) is 12.3. The molecule has 0 aliphatic carbocycles. The first-order chi connectivity index (χ1) is 7.47. The van der Waals surface area contributed by atoms with Crippen LogP contribution in [0.4, 0.5) is 0 Å². The second kappa shape index (κ2) is 5.59. The van der Waals surface area contributed by atoms with Crippen LogP contribution in [0.5, 0.6) is 0 Å². The number of nitrogens with zero attached hydrogens (tertiary/aromatic N) is 2. The molecule has 1 aromatic rings. The largest absolute Gasteiger partial charge is 0.319 e. The lowest BCUT2D eigenvalue weighted by atomic mass is 10.0. The minimum atomic E-state index is 0.0344. The van der Waals surface area contributed by atoms with E-state index in [0.717, 1.165) is 15.9 Å². The average molecular weight is 288 g/mol. The summed E-state index contributed by atoms with van der Waals surface area (Å²) < 4.78 is 2.71. The molecule has 0 aliphatic heterocycles. The Morgan fingerprint density at radius 3 is 2.69 bits per heavy atom. The molecule has 4 nitrogen and oxygen atoms in total. The molecule has 90 valence electrons. The van der Waals surface area contributed by atoms with Gasteiger partial charge in [0.1, 0.15) is 5.78 Å². The van der Waals surface area contributed by atoms with E-state index in [1.54, 1.807) is 4.68 Å². The molecule has 0 amide bonds. The number of nitrogens with one attached hydrogen (secondary N) is 1. The van der Waals surface area contributed by atoms with E-state index >= 15 is 0 Å². The molecule has 1 heterocycles. The molecule has 1 atom stereocenters. The van der Waals surface area contributed by atoms with Gasteiger partial charge in [0.25, 0.3) is 0 Å². The van der Waals surface area contributed by atoms with Crippen molar-refractivity contribution in [2.45, 2.75) is 20.3 Å². The number of carbonyl (C=O) groups excluding carboxylic acids is 1. The molecule has 0 saturated carbocycles. The highest BCUT2D eigenvalue weighted by Crippen LogP contribution is 2.21. The second-order valence-corrected chi connectivity index (χ2v) is 4.86. The number of aryl methyl sites for hydroxylation is 2. The quantitative estimate of drug-likeness (QED) is 0.892. The fraction of sp³-hybridized carbons (Fsp3) is 0.636. The Bertz CT molecular complexity index is 387. The van der Waals surface area contributed by atoms with Crippen molar-refractivity contribution in [1.82, 2.24) is 15.1 Å². The monoisotopic (exact) mass is 287 g/mol. The highest BCUT2D eigenvalue weighted by Gasteiger charge is 2.18. The van der Waals surface area contributed by atoms with E-state index in [1.807, 2.05) is 27.9 Å². The summed E-state index contributed by atoms with van der Waals surface area (Å²) in [5.41, 5.74) is 1.87. The smallest absolute Gasteiger partial charge is 0.142 e. The molecule has 5 heteroatoms. The highest BCUT2D eigenvalue weighted by atomic mass is 79.9. The summed E-state index contributed by atoms with van der Waals surface area (Å²) in [6.45, 7) is 4.58. The van der Waals surface area contributed by atoms with Crippen molar-refractivity contribution >= 4 is 21.7 Å². The van der Waals surface area contributed by atoms with Crippen LogP contribution in [0.15, 0.2) is 4.47 Å². The molecule has 1 unspecified atom stereocenters. The molecular formula is C11H18BrN3O. The van der Waals surface area contributed by atoms with Crippen molar-refractivity contribution in [2.75, 3.05) is 13.6 Å². The molecule has 0 spiro atoms. The van der Waals surface area contributed by atoms with Crippen LogP contribution in [-0.4, -0.2) is 29.2 Å². The van der Waals surface area contributed by atoms with Crippen LogP contribution in [0.1, 0.15) is 18.3 Å². The Balaban J connectivity index is 2.77. The van der Waals surface area contributed by atoms with Crippen molar-refractivity contribution < 1.29 is 4.79 Å². The van der Waals surface area contributed by atoms with Crippen LogP contribution in [0.25, 0.3) is 0 Å². The van der Waals surface area contributed by atoms with Gasteiger partial charge in [-0.2, -0.15) is 5.10 Å². The zero-order valence-corrected chi connectivity index (χ0v) is 11.8. The van der Waals surface area contributed by atoms with Gasteiger partial charge in [0.05, 0.1) is 15.9 Å². The molecule has 0 bridgehead atoms. The van der Waals surface area contributed by atoms with Crippen molar-refractivity contribution in [3.05, 3.63) is 15.9 Å². The number of Topliss-reactive ketones (excluding diaryl/α,β-unsaturated/α-hetero) is 1. The van der Waals surface area contributed by atoms with E-state index in [0.29, 0.717) is 13.0 Å². The Kier molecular flexibility index (Phi) is 4.68. The van der Waals surface area contributed by atoms with Gasteiger partial charge in [-0.15, -0.1) is 0 Å². The van der Waals surface area contributed by atoms with Crippen LogP contribution in [0.2, 0.25) is 0 Å². The molecule has 0 radical (unpaired) electrons. The third kappa shape index (κ3) is 2.92. The number of carbonyl (C=O) groups is 1. The predicted molar refractivity (Wildman–Crippen MR) is 67.4 cm³/mol. The molecule has 1 aromatic heterocycles. The van der Waals surface area contributed by atoms with E-state index in [2.05, 4.69) is 26.3 Å². The van der Waals surface area contributed by atoms with Gasteiger partial charge in [-0.1, -0.05) is 6.92 Å². The lowest BCUT2D eigenvalue weighted by molar-refractivity contribution is -0.121. The van der Waals surface area contributed by atoms with E-state index in [1.165, 1.54) is 0 Å². The summed E-state index contributed by atoms with van der Waals surface area (Å²) in [6.07, 6.45) is 0.431. The maximum atomic E-state index is 11.9. The van der Waals surface area contributed by atoms with Crippen molar-refractivity contribution in [1.29, 1.82) is 0 Å². The molecule has 1 rings (SSSR count). The number of rotatable bonds is 5. The summed E-state index contributed by atoms with van der Waals surface area (Å²) in [6, 6.07) is 0. The fourth-order valence-corrected chi connectivity index (χ4v) is 2.11.